The van der Waals surface area contributed by atoms with E-state index in [2.05, 4.69) is 54.6 Å². The normalized spacial score (nSPS) is 11.7. The topological polar surface area (TPSA) is 76.4 Å². The SMILES string of the molecule is CCCCNC(=NCc1ccccc1OC(C)(C)C)NCc1nnc(C)n1C.I. The molecule has 0 unspecified atom stereocenters. The number of aliphatic imine (C=N–C) groups is 1. The van der Waals surface area contributed by atoms with Crippen molar-refractivity contribution in [2.45, 2.75) is 66.2 Å². The van der Waals surface area contributed by atoms with E-state index in [4.69, 9.17) is 9.73 Å². The maximum atomic E-state index is 6.08. The minimum atomic E-state index is -0.247. The van der Waals surface area contributed by atoms with Crippen molar-refractivity contribution in [2.75, 3.05) is 6.54 Å². The van der Waals surface area contributed by atoms with E-state index in [-0.39, 0.29) is 29.6 Å². The lowest BCUT2D eigenvalue weighted by atomic mass is 10.1. The van der Waals surface area contributed by atoms with Gasteiger partial charge < -0.3 is 19.9 Å². The highest BCUT2D eigenvalue weighted by Gasteiger charge is 2.14. The van der Waals surface area contributed by atoms with E-state index in [1.807, 2.05) is 36.7 Å². The fraction of sp³-hybridized carbons (Fsp3) is 0.571. The first-order chi connectivity index (χ1) is 13.3. The second-order valence-corrected chi connectivity index (χ2v) is 7.84. The highest BCUT2D eigenvalue weighted by molar-refractivity contribution is 14.0. The first-order valence-electron chi connectivity index (χ1n) is 9.94. The second kappa shape index (κ2) is 12.0. The summed E-state index contributed by atoms with van der Waals surface area (Å²) in [6.45, 7) is 12.2. The first-order valence-corrected chi connectivity index (χ1v) is 9.94. The Morgan fingerprint density at radius 1 is 1.17 bits per heavy atom. The molecule has 0 aliphatic heterocycles. The van der Waals surface area contributed by atoms with Crippen molar-refractivity contribution in [3.05, 3.63) is 41.5 Å². The number of halogens is 1. The number of rotatable bonds is 8. The number of hydrogen-bond acceptors (Lipinski definition) is 4. The molecule has 0 aliphatic carbocycles. The van der Waals surface area contributed by atoms with Gasteiger partial charge in [0.25, 0.3) is 0 Å². The number of aromatic nitrogens is 3. The van der Waals surface area contributed by atoms with Gasteiger partial charge >= 0.3 is 0 Å². The van der Waals surface area contributed by atoms with E-state index in [1.54, 1.807) is 0 Å². The molecule has 0 atom stereocenters. The van der Waals surface area contributed by atoms with Crippen LogP contribution in [-0.4, -0.2) is 32.9 Å². The second-order valence-electron chi connectivity index (χ2n) is 7.84. The highest BCUT2D eigenvalue weighted by Crippen LogP contribution is 2.23. The minimum Gasteiger partial charge on any atom is -0.488 e. The average molecular weight is 514 g/mol. The molecule has 0 bridgehead atoms. The molecule has 7 nitrogen and oxygen atoms in total. The molecule has 1 aromatic heterocycles. The number of guanidine groups is 1. The summed E-state index contributed by atoms with van der Waals surface area (Å²) in [6.07, 6.45) is 2.22. The van der Waals surface area contributed by atoms with Gasteiger partial charge in [0.15, 0.2) is 11.8 Å². The third kappa shape index (κ3) is 8.59. The molecule has 8 heteroatoms. The average Bonchev–Trinajstić information content (AvgIpc) is 2.95. The number of aryl methyl sites for hydroxylation is 1. The molecule has 162 valence electrons. The zero-order valence-corrected chi connectivity index (χ0v) is 20.8. The largest absolute Gasteiger partial charge is 0.488 e. The van der Waals surface area contributed by atoms with Crippen molar-refractivity contribution in [2.24, 2.45) is 12.0 Å². The van der Waals surface area contributed by atoms with Gasteiger partial charge in [-0.3, -0.25) is 0 Å². The minimum absolute atomic E-state index is 0. The number of nitrogens with zero attached hydrogens (tertiary/aromatic N) is 4. The molecule has 0 fully saturated rings. The van der Waals surface area contributed by atoms with Crippen LogP contribution in [0.25, 0.3) is 0 Å². The maximum Gasteiger partial charge on any atom is 0.191 e. The van der Waals surface area contributed by atoms with E-state index in [1.165, 1.54) is 0 Å². The third-order valence-electron chi connectivity index (χ3n) is 4.22. The number of unbranched alkanes of at least 4 members (excludes halogenated alkanes) is 1. The van der Waals surface area contributed by atoms with Gasteiger partial charge in [-0.2, -0.15) is 0 Å². The van der Waals surface area contributed by atoms with Crippen LogP contribution in [0.15, 0.2) is 29.3 Å². The maximum absolute atomic E-state index is 6.08. The molecule has 1 heterocycles. The molecule has 0 radical (unpaired) electrons. The predicted molar refractivity (Wildman–Crippen MR) is 129 cm³/mol. The predicted octanol–water partition coefficient (Wildman–Crippen LogP) is 3.95. The summed E-state index contributed by atoms with van der Waals surface area (Å²) in [4.78, 5) is 4.76. The van der Waals surface area contributed by atoms with E-state index < -0.39 is 0 Å². The monoisotopic (exact) mass is 514 g/mol. The number of ether oxygens (including phenoxy) is 1. The van der Waals surface area contributed by atoms with Crippen molar-refractivity contribution >= 4 is 29.9 Å². The summed E-state index contributed by atoms with van der Waals surface area (Å²) in [7, 11) is 1.97. The zero-order valence-electron chi connectivity index (χ0n) is 18.5. The summed E-state index contributed by atoms with van der Waals surface area (Å²) in [5, 5.41) is 15.1. The van der Waals surface area contributed by atoms with Crippen molar-refractivity contribution < 1.29 is 4.74 Å². The fourth-order valence-corrected chi connectivity index (χ4v) is 2.55. The van der Waals surface area contributed by atoms with Crippen LogP contribution in [0.5, 0.6) is 5.75 Å². The third-order valence-corrected chi connectivity index (χ3v) is 4.22. The Morgan fingerprint density at radius 3 is 2.52 bits per heavy atom. The molecule has 0 saturated heterocycles. The van der Waals surface area contributed by atoms with Crippen molar-refractivity contribution in [1.82, 2.24) is 25.4 Å². The summed E-state index contributed by atoms with van der Waals surface area (Å²) in [5.41, 5.74) is 0.812. The van der Waals surface area contributed by atoms with Gasteiger partial charge in [0, 0.05) is 19.2 Å². The van der Waals surface area contributed by atoms with Crippen molar-refractivity contribution in [3.8, 4) is 5.75 Å². The van der Waals surface area contributed by atoms with Crippen LogP contribution in [0.1, 0.15) is 57.7 Å². The molecule has 0 amide bonds. The van der Waals surface area contributed by atoms with Gasteiger partial charge in [0.1, 0.15) is 17.2 Å². The first kappa shape index (κ1) is 25.2. The Hall–Kier alpha value is -1.84. The van der Waals surface area contributed by atoms with Crippen molar-refractivity contribution in [1.29, 1.82) is 0 Å². The van der Waals surface area contributed by atoms with Crippen molar-refractivity contribution in [3.63, 3.8) is 0 Å². The molecule has 2 N–H and O–H groups in total. The Balaban J connectivity index is 0.00000420. The molecule has 0 aliphatic rings. The lowest BCUT2D eigenvalue weighted by Gasteiger charge is -2.23. The molecular formula is C21H35IN6O. The molecule has 0 saturated carbocycles. The molecule has 2 aromatic rings. The van der Waals surface area contributed by atoms with Crippen LogP contribution in [0.2, 0.25) is 0 Å². The van der Waals surface area contributed by atoms with Gasteiger partial charge in [-0.05, 0) is 40.2 Å². The summed E-state index contributed by atoms with van der Waals surface area (Å²) in [5.74, 6) is 3.40. The molecule has 1 aromatic carbocycles. The fourth-order valence-electron chi connectivity index (χ4n) is 2.55. The van der Waals surface area contributed by atoms with E-state index in [9.17, 15) is 0 Å². The number of benzene rings is 1. The van der Waals surface area contributed by atoms with Gasteiger partial charge in [0.05, 0.1) is 13.1 Å². The number of hydrogen-bond donors (Lipinski definition) is 2. The standard InChI is InChI=1S/C21H34N6O.HI/c1-7-8-13-22-20(24-15-19-26-25-16(2)27(19)6)23-14-17-11-9-10-12-18(17)28-21(3,4)5;/h9-12H,7-8,13-15H2,1-6H3,(H2,22,23,24);1H. The lowest BCUT2D eigenvalue weighted by molar-refractivity contribution is 0.129. The highest BCUT2D eigenvalue weighted by atomic mass is 127. The Morgan fingerprint density at radius 2 is 1.90 bits per heavy atom. The van der Waals surface area contributed by atoms with Crippen LogP contribution in [0, 0.1) is 6.92 Å². The van der Waals surface area contributed by atoms with E-state index in [0.29, 0.717) is 13.1 Å². The lowest BCUT2D eigenvalue weighted by Crippen LogP contribution is -2.38. The van der Waals surface area contributed by atoms with Crippen LogP contribution >= 0.6 is 24.0 Å². The Bertz CT molecular complexity index is 782. The van der Waals surface area contributed by atoms with E-state index in [0.717, 1.165) is 48.3 Å². The quantitative estimate of drug-likeness (QED) is 0.242. The molecule has 29 heavy (non-hydrogen) atoms. The van der Waals surface area contributed by atoms with Gasteiger partial charge in [-0.25, -0.2) is 4.99 Å². The van der Waals surface area contributed by atoms with Crippen LogP contribution in [0.3, 0.4) is 0 Å². The molecule has 2 rings (SSSR count). The Labute approximate surface area is 191 Å². The summed E-state index contributed by atoms with van der Waals surface area (Å²) < 4.78 is 8.06. The summed E-state index contributed by atoms with van der Waals surface area (Å²) >= 11 is 0. The number of nitrogens with one attached hydrogen (secondary N) is 2. The van der Waals surface area contributed by atoms with Gasteiger partial charge in [-0.1, -0.05) is 31.5 Å². The Kier molecular flexibility index (Phi) is 10.4. The van der Waals surface area contributed by atoms with Crippen LogP contribution in [0.4, 0.5) is 0 Å². The smallest absolute Gasteiger partial charge is 0.191 e. The van der Waals surface area contributed by atoms with Gasteiger partial charge in [0.2, 0.25) is 0 Å². The molecule has 0 spiro atoms. The number of para-hydroxylation sites is 1. The van der Waals surface area contributed by atoms with Crippen LogP contribution < -0.4 is 15.4 Å². The summed E-state index contributed by atoms with van der Waals surface area (Å²) in [6, 6.07) is 8.06. The molecular weight excluding hydrogens is 479 g/mol. The zero-order chi connectivity index (χ0) is 20.6. The van der Waals surface area contributed by atoms with Gasteiger partial charge in [-0.15, -0.1) is 34.2 Å². The van der Waals surface area contributed by atoms with Crippen LogP contribution in [-0.2, 0) is 20.1 Å². The van der Waals surface area contributed by atoms with E-state index >= 15 is 0 Å².